The summed E-state index contributed by atoms with van der Waals surface area (Å²) < 4.78 is 49.1. The molecule has 2 aromatic carbocycles. The number of alkyl halides is 3. The third-order valence-electron chi connectivity index (χ3n) is 7.81. The number of hydrogen-bond acceptors (Lipinski definition) is 8. The van der Waals surface area contributed by atoms with E-state index in [0.717, 1.165) is 0 Å². The van der Waals surface area contributed by atoms with Gasteiger partial charge in [-0.15, -0.1) is 0 Å². The number of primary amides is 1. The van der Waals surface area contributed by atoms with E-state index >= 15 is 0 Å². The summed E-state index contributed by atoms with van der Waals surface area (Å²) in [6.07, 6.45) is -5.49. The lowest BCUT2D eigenvalue weighted by molar-refractivity contribution is -0.198. The van der Waals surface area contributed by atoms with E-state index in [1.165, 1.54) is 48.5 Å². The van der Waals surface area contributed by atoms with Gasteiger partial charge in [0, 0.05) is 41.9 Å². The molecule has 2 fully saturated rings. The number of halogens is 4. The molecule has 0 aliphatic carbocycles. The molecule has 0 saturated carbocycles. The van der Waals surface area contributed by atoms with Crippen LogP contribution in [0, 0.1) is 5.41 Å². The Morgan fingerprint density at radius 1 is 1.14 bits per heavy atom. The highest BCUT2D eigenvalue weighted by Crippen LogP contribution is 2.43. The Hall–Kier alpha value is -4.10. The van der Waals surface area contributed by atoms with Gasteiger partial charge in [-0.1, -0.05) is 29.8 Å². The van der Waals surface area contributed by atoms with Crippen molar-refractivity contribution >= 4 is 35.2 Å². The van der Waals surface area contributed by atoms with E-state index < -0.39 is 30.2 Å². The Morgan fingerprint density at radius 2 is 1.88 bits per heavy atom. The molecular weight excluding hydrogens is 577 g/mol. The first kappa shape index (κ1) is 29.4. The van der Waals surface area contributed by atoms with Crippen LogP contribution in [0.1, 0.15) is 41.3 Å². The number of ether oxygens (including phenoxy) is 1. The fourth-order valence-corrected chi connectivity index (χ4v) is 5.78. The lowest BCUT2D eigenvalue weighted by Gasteiger charge is -2.39. The quantitative estimate of drug-likeness (QED) is 0.310. The maximum atomic E-state index is 14.5. The van der Waals surface area contributed by atoms with Crippen LogP contribution in [0.25, 0.3) is 11.1 Å². The Balaban J connectivity index is 1.43. The normalized spacial score (nSPS) is 19.0. The SMILES string of the molecule is NC(=O)c1cccc(-c2cc(Cl)ccc2C(Oc2cc(N3CCC4(CC3)CNC(C(=O)O)C4)nc(N)n2)C(F)(F)F)c1. The molecular formula is C28H28ClF3N6O4. The van der Waals surface area contributed by atoms with E-state index in [1.807, 2.05) is 4.90 Å². The summed E-state index contributed by atoms with van der Waals surface area (Å²) in [5, 5.41) is 12.6. The molecule has 2 saturated heterocycles. The Bertz CT molecular complexity index is 1510. The molecule has 222 valence electrons. The predicted molar refractivity (Wildman–Crippen MR) is 149 cm³/mol. The number of aromatic nitrogens is 2. The van der Waals surface area contributed by atoms with Crippen molar-refractivity contribution in [3.63, 3.8) is 0 Å². The number of carboxylic acids is 1. The van der Waals surface area contributed by atoms with E-state index in [9.17, 15) is 27.9 Å². The lowest BCUT2D eigenvalue weighted by Crippen LogP contribution is -2.41. The van der Waals surface area contributed by atoms with Crippen LogP contribution in [0.4, 0.5) is 24.9 Å². The molecule has 5 rings (SSSR count). The van der Waals surface area contributed by atoms with Crippen molar-refractivity contribution in [1.82, 2.24) is 15.3 Å². The van der Waals surface area contributed by atoms with Gasteiger partial charge in [-0.3, -0.25) is 9.59 Å². The van der Waals surface area contributed by atoms with E-state index in [0.29, 0.717) is 50.3 Å². The number of carbonyl (C=O) groups is 2. The fourth-order valence-electron chi connectivity index (χ4n) is 5.61. The molecule has 6 N–H and O–H groups in total. The summed E-state index contributed by atoms with van der Waals surface area (Å²) >= 11 is 6.15. The number of anilines is 2. The van der Waals surface area contributed by atoms with Crippen molar-refractivity contribution < 1.29 is 32.6 Å². The van der Waals surface area contributed by atoms with Crippen molar-refractivity contribution in [2.75, 3.05) is 30.3 Å². The molecule has 3 heterocycles. The second-order valence-corrected chi connectivity index (χ2v) is 11.0. The largest absolute Gasteiger partial charge is 0.480 e. The van der Waals surface area contributed by atoms with Crippen molar-refractivity contribution in [2.45, 2.75) is 37.6 Å². The number of nitrogens with zero attached hydrogens (tertiary/aromatic N) is 3. The molecule has 1 spiro atoms. The molecule has 2 atom stereocenters. The highest BCUT2D eigenvalue weighted by atomic mass is 35.5. The van der Waals surface area contributed by atoms with Gasteiger partial charge in [-0.05, 0) is 60.1 Å². The van der Waals surface area contributed by atoms with Crippen LogP contribution in [0.2, 0.25) is 5.02 Å². The zero-order chi connectivity index (χ0) is 30.2. The number of nitrogen functional groups attached to an aromatic ring is 1. The van der Waals surface area contributed by atoms with Crippen LogP contribution in [0.5, 0.6) is 5.88 Å². The van der Waals surface area contributed by atoms with Gasteiger partial charge in [0.15, 0.2) is 0 Å². The first-order valence-electron chi connectivity index (χ1n) is 13.1. The van der Waals surface area contributed by atoms with Crippen LogP contribution in [0.15, 0.2) is 48.5 Å². The zero-order valence-electron chi connectivity index (χ0n) is 22.2. The molecule has 1 amide bonds. The minimum atomic E-state index is -4.88. The zero-order valence-corrected chi connectivity index (χ0v) is 23.0. The Kier molecular flexibility index (Phi) is 7.90. The second kappa shape index (κ2) is 11.3. The van der Waals surface area contributed by atoms with Gasteiger partial charge in [0.05, 0.1) is 0 Å². The number of piperidine rings is 1. The molecule has 2 aliphatic rings. The number of nitrogens with one attached hydrogen (secondary N) is 1. The highest BCUT2D eigenvalue weighted by molar-refractivity contribution is 6.30. The van der Waals surface area contributed by atoms with Gasteiger partial charge in [0.25, 0.3) is 0 Å². The standard InChI is InChI=1S/C28H28ClF3N6O4/c29-17-4-5-18(19(11-17)15-2-1-3-16(10-15)24(33)39)23(28(30,31)32)42-22-12-21(36-26(34)37-22)38-8-6-27(7-9-38)13-20(25(40)41)35-14-27/h1-5,10-12,20,23,35H,6-9,13-14H2,(H2,33,39)(H,40,41)(H2,34,36,37). The summed E-state index contributed by atoms with van der Waals surface area (Å²) in [7, 11) is 0. The van der Waals surface area contributed by atoms with Crippen molar-refractivity contribution in [1.29, 1.82) is 0 Å². The fraction of sp³-hybridized carbons (Fsp3) is 0.357. The van der Waals surface area contributed by atoms with Crippen molar-refractivity contribution in [2.24, 2.45) is 11.1 Å². The van der Waals surface area contributed by atoms with E-state index in [-0.39, 0.29) is 39.0 Å². The summed E-state index contributed by atoms with van der Waals surface area (Å²) in [6, 6.07) is 10.5. The molecule has 2 aliphatic heterocycles. The molecule has 1 aromatic heterocycles. The van der Waals surface area contributed by atoms with Gasteiger partial charge in [0.1, 0.15) is 11.9 Å². The first-order valence-corrected chi connectivity index (χ1v) is 13.5. The van der Waals surface area contributed by atoms with E-state index in [2.05, 4.69) is 15.3 Å². The van der Waals surface area contributed by atoms with Gasteiger partial charge in [-0.2, -0.15) is 23.1 Å². The van der Waals surface area contributed by atoms with Crippen LogP contribution in [-0.4, -0.2) is 58.8 Å². The van der Waals surface area contributed by atoms with Crippen molar-refractivity contribution in [3.05, 3.63) is 64.7 Å². The van der Waals surface area contributed by atoms with E-state index in [4.69, 9.17) is 27.8 Å². The minimum absolute atomic E-state index is 0.0985. The monoisotopic (exact) mass is 604 g/mol. The number of aliphatic carboxylic acids is 1. The predicted octanol–water partition coefficient (Wildman–Crippen LogP) is 4.19. The first-order chi connectivity index (χ1) is 19.8. The summed E-state index contributed by atoms with van der Waals surface area (Å²) in [6.45, 7) is 1.59. The highest BCUT2D eigenvalue weighted by Gasteiger charge is 2.46. The van der Waals surface area contributed by atoms with Crippen LogP contribution >= 0.6 is 11.6 Å². The molecule has 0 radical (unpaired) electrons. The van der Waals surface area contributed by atoms with Gasteiger partial charge < -0.3 is 31.5 Å². The maximum absolute atomic E-state index is 14.5. The smallest absolute Gasteiger partial charge is 0.429 e. The third-order valence-corrected chi connectivity index (χ3v) is 8.04. The Labute approximate surface area is 243 Å². The van der Waals surface area contributed by atoms with Crippen LogP contribution in [-0.2, 0) is 4.79 Å². The summed E-state index contributed by atoms with van der Waals surface area (Å²) in [5.41, 5.74) is 11.3. The average molecular weight is 605 g/mol. The summed E-state index contributed by atoms with van der Waals surface area (Å²) in [4.78, 5) is 33.1. The molecule has 2 unspecified atom stereocenters. The number of benzene rings is 2. The lowest BCUT2D eigenvalue weighted by atomic mass is 9.76. The van der Waals surface area contributed by atoms with Crippen molar-refractivity contribution in [3.8, 4) is 17.0 Å². The maximum Gasteiger partial charge on any atom is 0.429 e. The van der Waals surface area contributed by atoms with Gasteiger partial charge >= 0.3 is 12.1 Å². The van der Waals surface area contributed by atoms with E-state index in [1.54, 1.807) is 0 Å². The number of rotatable bonds is 7. The topological polar surface area (TPSA) is 157 Å². The number of amides is 1. The van der Waals surface area contributed by atoms with Gasteiger partial charge in [-0.25, -0.2) is 0 Å². The third kappa shape index (κ3) is 6.21. The Morgan fingerprint density at radius 3 is 2.52 bits per heavy atom. The number of hydrogen-bond donors (Lipinski definition) is 4. The van der Waals surface area contributed by atoms with Crippen LogP contribution in [0.3, 0.4) is 0 Å². The molecule has 10 nitrogen and oxygen atoms in total. The number of carboxylic acid groups (broad SMARTS) is 1. The summed E-state index contributed by atoms with van der Waals surface area (Å²) in [5.74, 6) is -1.95. The van der Waals surface area contributed by atoms with Crippen LogP contribution < -0.4 is 26.4 Å². The molecule has 14 heteroatoms. The molecule has 0 bridgehead atoms. The number of carbonyl (C=O) groups excluding carboxylic acids is 1. The average Bonchev–Trinajstić information content (AvgIpc) is 3.35. The van der Waals surface area contributed by atoms with Gasteiger partial charge in [0.2, 0.25) is 23.8 Å². The molecule has 42 heavy (non-hydrogen) atoms. The molecule has 3 aromatic rings. The second-order valence-electron chi connectivity index (χ2n) is 10.6. The minimum Gasteiger partial charge on any atom is -0.480 e. The number of nitrogens with two attached hydrogens (primary N) is 2.